The number of aromatic nitrogens is 1. The number of nitrogens with zero attached hydrogens (tertiary/aromatic N) is 1. The molecule has 0 bridgehead atoms. The number of rotatable bonds is 0. The second kappa shape index (κ2) is 3.00. The number of benzene rings is 1. The average Bonchev–Trinajstić information content (AvgIpc) is 2.15. The molecule has 2 rings (SSSR count). The van der Waals surface area contributed by atoms with E-state index in [1.165, 1.54) is 0 Å². The van der Waals surface area contributed by atoms with Crippen molar-refractivity contribution >= 4 is 26.7 Å². The maximum absolute atomic E-state index is 9.70. The van der Waals surface area contributed by atoms with Crippen LogP contribution in [0.3, 0.4) is 0 Å². The van der Waals surface area contributed by atoms with Gasteiger partial charge < -0.3 is 5.11 Å². The standard InChI is InChI=1S/C10H8BrNO/c1-6-4-9(11)10(13)8-5-12-3-2-7(6)8/h2-5,13H,1H3. The summed E-state index contributed by atoms with van der Waals surface area (Å²) in [6, 6.07) is 3.80. The minimum Gasteiger partial charge on any atom is -0.506 e. The Bertz CT molecular complexity index is 468. The average molecular weight is 238 g/mol. The molecule has 2 nitrogen and oxygen atoms in total. The summed E-state index contributed by atoms with van der Waals surface area (Å²) in [4.78, 5) is 3.98. The van der Waals surface area contributed by atoms with Gasteiger partial charge >= 0.3 is 0 Å². The molecule has 0 amide bonds. The lowest BCUT2D eigenvalue weighted by Crippen LogP contribution is -1.82. The molecule has 0 aliphatic heterocycles. The van der Waals surface area contributed by atoms with E-state index in [9.17, 15) is 5.11 Å². The Kier molecular flexibility index (Phi) is 1.96. The van der Waals surface area contributed by atoms with Gasteiger partial charge in [0, 0.05) is 17.8 Å². The van der Waals surface area contributed by atoms with Crippen LogP contribution in [0.4, 0.5) is 0 Å². The van der Waals surface area contributed by atoms with Crippen LogP contribution >= 0.6 is 15.9 Å². The number of hydrogen-bond donors (Lipinski definition) is 1. The van der Waals surface area contributed by atoms with Crippen LogP contribution in [-0.2, 0) is 0 Å². The Morgan fingerprint density at radius 3 is 2.92 bits per heavy atom. The van der Waals surface area contributed by atoms with Crippen LogP contribution in [0.25, 0.3) is 10.8 Å². The maximum atomic E-state index is 9.70. The van der Waals surface area contributed by atoms with Crippen molar-refractivity contribution in [3.05, 3.63) is 34.6 Å². The summed E-state index contributed by atoms with van der Waals surface area (Å²) < 4.78 is 0.713. The lowest BCUT2D eigenvalue weighted by molar-refractivity contribution is 0.478. The van der Waals surface area contributed by atoms with Crippen LogP contribution in [0.2, 0.25) is 0 Å². The molecule has 0 radical (unpaired) electrons. The van der Waals surface area contributed by atoms with E-state index in [2.05, 4.69) is 20.9 Å². The Morgan fingerprint density at radius 2 is 2.15 bits per heavy atom. The molecule has 1 aromatic carbocycles. The zero-order valence-corrected chi connectivity index (χ0v) is 8.67. The van der Waals surface area contributed by atoms with E-state index in [1.807, 2.05) is 19.1 Å². The highest BCUT2D eigenvalue weighted by atomic mass is 79.9. The minimum absolute atomic E-state index is 0.258. The molecule has 2 aromatic rings. The number of aromatic hydroxyl groups is 1. The molecule has 1 heterocycles. The molecule has 66 valence electrons. The number of aryl methyl sites for hydroxylation is 1. The fraction of sp³-hybridized carbons (Fsp3) is 0.100. The summed E-state index contributed by atoms with van der Waals surface area (Å²) in [5.41, 5.74) is 1.13. The summed E-state index contributed by atoms with van der Waals surface area (Å²) in [6.07, 6.45) is 3.39. The number of halogens is 1. The Morgan fingerprint density at radius 1 is 1.38 bits per heavy atom. The molecule has 0 aliphatic rings. The second-order valence-corrected chi connectivity index (χ2v) is 3.80. The van der Waals surface area contributed by atoms with Crippen molar-refractivity contribution in [2.24, 2.45) is 0 Å². The third kappa shape index (κ3) is 1.29. The summed E-state index contributed by atoms with van der Waals surface area (Å²) in [5, 5.41) is 11.5. The van der Waals surface area contributed by atoms with E-state index in [1.54, 1.807) is 12.4 Å². The van der Waals surface area contributed by atoms with Gasteiger partial charge in [-0.1, -0.05) is 0 Å². The van der Waals surface area contributed by atoms with E-state index in [-0.39, 0.29) is 5.75 Å². The molecule has 0 saturated heterocycles. The topological polar surface area (TPSA) is 33.1 Å². The first-order valence-electron chi connectivity index (χ1n) is 3.92. The third-order valence-corrected chi connectivity index (χ3v) is 2.67. The molecule has 0 atom stereocenters. The zero-order chi connectivity index (χ0) is 9.42. The highest BCUT2D eigenvalue weighted by Crippen LogP contribution is 2.33. The van der Waals surface area contributed by atoms with Gasteiger partial charge in [0.05, 0.1) is 4.47 Å². The van der Waals surface area contributed by atoms with Crippen molar-refractivity contribution < 1.29 is 5.11 Å². The minimum atomic E-state index is 0.258. The third-order valence-electron chi connectivity index (χ3n) is 2.07. The van der Waals surface area contributed by atoms with Gasteiger partial charge in [-0.25, -0.2) is 0 Å². The predicted molar refractivity (Wildman–Crippen MR) is 55.8 cm³/mol. The molecule has 0 aliphatic carbocycles. The van der Waals surface area contributed by atoms with Crippen LogP contribution in [0.15, 0.2) is 29.0 Å². The van der Waals surface area contributed by atoms with Crippen LogP contribution < -0.4 is 0 Å². The van der Waals surface area contributed by atoms with Gasteiger partial charge in [0.2, 0.25) is 0 Å². The van der Waals surface area contributed by atoms with Crippen molar-refractivity contribution in [2.45, 2.75) is 6.92 Å². The van der Waals surface area contributed by atoms with Gasteiger partial charge in [-0.3, -0.25) is 4.98 Å². The van der Waals surface area contributed by atoms with Gasteiger partial charge in [0.15, 0.2) is 0 Å². The van der Waals surface area contributed by atoms with Gasteiger partial charge in [0.1, 0.15) is 5.75 Å². The monoisotopic (exact) mass is 237 g/mol. The number of phenolic OH excluding ortho intramolecular Hbond substituents is 1. The van der Waals surface area contributed by atoms with Crippen LogP contribution in [0.5, 0.6) is 5.75 Å². The van der Waals surface area contributed by atoms with Crippen molar-refractivity contribution in [3.63, 3.8) is 0 Å². The molecular formula is C10H8BrNO. The fourth-order valence-corrected chi connectivity index (χ4v) is 1.95. The van der Waals surface area contributed by atoms with E-state index in [0.29, 0.717) is 4.47 Å². The Hall–Kier alpha value is -1.09. The van der Waals surface area contributed by atoms with Crippen molar-refractivity contribution in [3.8, 4) is 5.75 Å². The highest BCUT2D eigenvalue weighted by Gasteiger charge is 2.06. The number of hydrogen-bond acceptors (Lipinski definition) is 2. The van der Waals surface area contributed by atoms with Gasteiger partial charge in [-0.15, -0.1) is 0 Å². The van der Waals surface area contributed by atoms with Gasteiger partial charge in [-0.05, 0) is 45.9 Å². The largest absolute Gasteiger partial charge is 0.506 e. The molecule has 13 heavy (non-hydrogen) atoms. The Balaban J connectivity index is 2.97. The Labute approximate surface area is 84.4 Å². The summed E-state index contributed by atoms with van der Waals surface area (Å²) in [6.45, 7) is 2.01. The molecule has 0 saturated carbocycles. The molecule has 0 unspecified atom stereocenters. The SMILES string of the molecule is Cc1cc(Br)c(O)c2cnccc12. The first kappa shape index (κ1) is 8.51. The lowest BCUT2D eigenvalue weighted by Gasteiger charge is -2.05. The molecule has 0 spiro atoms. The zero-order valence-electron chi connectivity index (χ0n) is 7.08. The van der Waals surface area contributed by atoms with Crippen molar-refractivity contribution in [1.29, 1.82) is 0 Å². The van der Waals surface area contributed by atoms with Gasteiger partial charge in [0.25, 0.3) is 0 Å². The predicted octanol–water partition coefficient (Wildman–Crippen LogP) is 3.01. The first-order valence-corrected chi connectivity index (χ1v) is 4.71. The summed E-state index contributed by atoms with van der Waals surface area (Å²) in [7, 11) is 0. The summed E-state index contributed by atoms with van der Waals surface area (Å²) >= 11 is 3.29. The molecule has 0 fully saturated rings. The van der Waals surface area contributed by atoms with E-state index in [4.69, 9.17) is 0 Å². The molecule has 3 heteroatoms. The molecular weight excluding hydrogens is 230 g/mol. The number of phenols is 1. The smallest absolute Gasteiger partial charge is 0.139 e. The van der Waals surface area contributed by atoms with E-state index < -0.39 is 0 Å². The van der Waals surface area contributed by atoms with Crippen LogP contribution in [0, 0.1) is 6.92 Å². The molecule has 1 aromatic heterocycles. The van der Waals surface area contributed by atoms with E-state index in [0.717, 1.165) is 16.3 Å². The number of fused-ring (bicyclic) bond motifs is 1. The van der Waals surface area contributed by atoms with Crippen molar-refractivity contribution in [1.82, 2.24) is 4.98 Å². The quantitative estimate of drug-likeness (QED) is 0.765. The molecule has 1 N–H and O–H groups in total. The van der Waals surface area contributed by atoms with Gasteiger partial charge in [-0.2, -0.15) is 0 Å². The lowest BCUT2D eigenvalue weighted by atomic mass is 10.1. The maximum Gasteiger partial charge on any atom is 0.139 e. The number of pyridine rings is 1. The van der Waals surface area contributed by atoms with Crippen LogP contribution in [0.1, 0.15) is 5.56 Å². The normalized spacial score (nSPS) is 10.6. The van der Waals surface area contributed by atoms with Crippen molar-refractivity contribution in [2.75, 3.05) is 0 Å². The second-order valence-electron chi connectivity index (χ2n) is 2.95. The highest BCUT2D eigenvalue weighted by molar-refractivity contribution is 9.10. The van der Waals surface area contributed by atoms with Crippen LogP contribution in [-0.4, -0.2) is 10.1 Å². The van der Waals surface area contributed by atoms with E-state index >= 15 is 0 Å². The fourth-order valence-electron chi connectivity index (χ4n) is 1.39. The first-order chi connectivity index (χ1) is 6.20. The summed E-state index contributed by atoms with van der Waals surface area (Å²) in [5.74, 6) is 0.258.